The molecule has 0 spiro atoms. The Morgan fingerprint density at radius 3 is 1.78 bits per heavy atom. The van der Waals surface area contributed by atoms with Crippen molar-refractivity contribution >= 4 is 36.9 Å². The molecule has 1 aliphatic rings. The van der Waals surface area contributed by atoms with Crippen LogP contribution in [0.25, 0.3) is 12.2 Å². The predicted molar refractivity (Wildman–Crippen MR) is 135 cm³/mol. The van der Waals surface area contributed by atoms with Crippen LogP contribution in [0.15, 0.2) is 59.7 Å². The number of ketones is 1. The van der Waals surface area contributed by atoms with Crippen LogP contribution in [0.1, 0.15) is 24.5 Å². The van der Waals surface area contributed by atoms with Crippen LogP contribution in [0.4, 0.5) is 11.4 Å². The summed E-state index contributed by atoms with van der Waals surface area (Å²) in [6, 6.07) is 11.7. The third kappa shape index (κ3) is 7.50. The zero-order valence-corrected chi connectivity index (χ0v) is 20.5. The van der Waals surface area contributed by atoms with E-state index in [2.05, 4.69) is 0 Å². The Bertz CT molecular complexity index is 1160. The fourth-order valence-electron chi connectivity index (χ4n) is 3.82. The van der Waals surface area contributed by atoms with Crippen molar-refractivity contribution in [1.29, 1.82) is 0 Å². The molecule has 0 aliphatic carbocycles. The van der Waals surface area contributed by atoms with Crippen LogP contribution in [-0.2, 0) is 13.9 Å². The first kappa shape index (κ1) is 27.1. The number of nitrogens with zero attached hydrogens (tertiary/aromatic N) is 3. The smallest absolute Gasteiger partial charge is 0.324 e. The van der Waals surface area contributed by atoms with Gasteiger partial charge in [0.2, 0.25) is 0 Å². The molecule has 36 heavy (non-hydrogen) atoms. The Morgan fingerprint density at radius 1 is 0.944 bits per heavy atom. The summed E-state index contributed by atoms with van der Waals surface area (Å²) in [7, 11) is -3.67. The van der Waals surface area contributed by atoms with Gasteiger partial charge < -0.3 is 9.42 Å². The van der Waals surface area contributed by atoms with Gasteiger partial charge in [0.25, 0.3) is 11.4 Å². The maximum absolute atomic E-state index is 13.3. The summed E-state index contributed by atoms with van der Waals surface area (Å²) in [4.78, 5) is 45.9. The Kier molecular flexibility index (Phi) is 9.00. The van der Waals surface area contributed by atoms with Gasteiger partial charge in [-0.25, -0.2) is 0 Å². The third-order valence-corrected chi connectivity index (χ3v) is 7.05. The van der Waals surface area contributed by atoms with Crippen LogP contribution < -0.4 is 0 Å². The van der Waals surface area contributed by atoms with Crippen LogP contribution in [0, 0.1) is 20.2 Å². The van der Waals surface area contributed by atoms with E-state index in [0.29, 0.717) is 35.2 Å². The lowest BCUT2D eigenvalue weighted by atomic mass is 9.94. The Morgan fingerprint density at radius 2 is 1.39 bits per heavy atom. The van der Waals surface area contributed by atoms with E-state index in [1.165, 1.54) is 24.3 Å². The molecule has 190 valence electrons. The molecule has 0 aromatic heterocycles. The highest BCUT2D eigenvalue weighted by molar-refractivity contribution is 7.52. The van der Waals surface area contributed by atoms with Crippen molar-refractivity contribution in [3.8, 4) is 0 Å². The summed E-state index contributed by atoms with van der Waals surface area (Å²) < 4.78 is 16.9. The van der Waals surface area contributed by atoms with E-state index in [0.717, 1.165) is 0 Å². The lowest BCUT2D eigenvalue weighted by molar-refractivity contribution is -0.385. The van der Waals surface area contributed by atoms with Gasteiger partial charge in [-0.1, -0.05) is 0 Å². The molecule has 0 radical (unpaired) electrons. The van der Waals surface area contributed by atoms with Gasteiger partial charge in [0.1, 0.15) is 0 Å². The van der Waals surface area contributed by atoms with Crippen molar-refractivity contribution in [1.82, 2.24) is 4.90 Å². The normalized spacial score (nSPS) is 18.3. The first-order chi connectivity index (χ1) is 17.1. The molecule has 12 heteroatoms. The van der Waals surface area contributed by atoms with Gasteiger partial charge in [0.15, 0.2) is 5.78 Å². The monoisotopic (exact) mass is 515 g/mol. The maximum Gasteiger partial charge on any atom is 0.328 e. The fourth-order valence-corrected chi connectivity index (χ4v) is 4.89. The highest BCUT2D eigenvalue weighted by atomic mass is 31.2. The number of hydrogen-bond donors (Lipinski definition) is 1. The number of nitro groups is 2. The molecule has 1 heterocycles. The van der Waals surface area contributed by atoms with E-state index < -0.39 is 17.4 Å². The second-order valence-corrected chi connectivity index (χ2v) is 10.2. The molecular formula is C24H26N3O8P. The van der Waals surface area contributed by atoms with Gasteiger partial charge in [-0.15, -0.1) is 0 Å². The minimum absolute atomic E-state index is 0.0198. The molecule has 1 atom stereocenters. The fraction of sp³-hybridized carbons (Fsp3) is 0.292. The summed E-state index contributed by atoms with van der Waals surface area (Å²) >= 11 is 0. The first-order valence-corrected chi connectivity index (χ1v) is 13.0. The molecule has 0 amide bonds. The quantitative estimate of drug-likeness (QED) is 0.209. The third-order valence-electron chi connectivity index (χ3n) is 5.51. The van der Waals surface area contributed by atoms with E-state index in [4.69, 9.17) is 4.52 Å². The van der Waals surface area contributed by atoms with Crippen molar-refractivity contribution in [2.45, 2.75) is 13.3 Å². The van der Waals surface area contributed by atoms with E-state index in [1.54, 1.807) is 43.3 Å². The average molecular weight is 515 g/mol. The van der Waals surface area contributed by atoms with Gasteiger partial charge in [-0.3, -0.25) is 34.5 Å². The molecule has 1 fully saturated rings. The highest BCUT2D eigenvalue weighted by Crippen LogP contribution is 2.42. The highest BCUT2D eigenvalue weighted by Gasteiger charge is 2.27. The number of likely N-dealkylation sites (tertiary alicyclic amines) is 1. The minimum Gasteiger partial charge on any atom is -0.324 e. The summed E-state index contributed by atoms with van der Waals surface area (Å²) in [5.41, 5.74) is 2.04. The van der Waals surface area contributed by atoms with Crippen LogP contribution in [-0.4, -0.2) is 57.8 Å². The zero-order chi connectivity index (χ0) is 26.3. The number of nitro benzene ring substituents is 2. The number of hydrogen-bond acceptors (Lipinski definition) is 8. The number of benzene rings is 2. The molecule has 2 aromatic carbocycles. The molecule has 0 saturated carbocycles. The van der Waals surface area contributed by atoms with Gasteiger partial charge in [0, 0.05) is 48.5 Å². The van der Waals surface area contributed by atoms with Crippen molar-refractivity contribution < 1.29 is 28.6 Å². The van der Waals surface area contributed by atoms with Gasteiger partial charge in [0.05, 0.1) is 22.6 Å². The predicted octanol–water partition coefficient (Wildman–Crippen LogP) is 4.47. The van der Waals surface area contributed by atoms with E-state index in [1.807, 2.05) is 4.90 Å². The Balaban J connectivity index is 1.86. The Hall–Kier alpha value is -3.50. The average Bonchev–Trinajstić information content (AvgIpc) is 2.82. The number of carbonyl (C=O) groups excluding carboxylic acids is 1. The molecule has 3 rings (SSSR count). The summed E-state index contributed by atoms with van der Waals surface area (Å²) in [6.07, 6.45) is 3.68. The van der Waals surface area contributed by atoms with E-state index in [9.17, 15) is 34.5 Å². The molecule has 1 N–H and O–H groups in total. The van der Waals surface area contributed by atoms with Crippen LogP contribution in [0.2, 0.25) is 0 Å². The van der Waals surface area contributed by atoms with E-state index >= 15 is 0 Å². The number of piperidine rings is 1. The van der Waals surface area contributed by atoms with Crippen LogP contribution in [0.3, 0.4) is 0 Å². The lowest BCUT2D eigenvalue weighted by Crippen LogP contribution is -2.38. The lowest BCUT2D eigenvalue weighted by Gasteiger charge is -2.30. The van der Waals surface area contributed by atoms with Crippen LogP contribution >= 0.6 is 7.60 Å². The van der Waals surface area contributed by atoms with Crippen molar-refractivity contribution in [3.63, 3.8) is 0 Å². The summed E-state index contributed by atoms with van der Waals surface area (Å²) in [5, 5.41) is 21.8. The number of Topliss-reactive ketones (excluding diaryl/α,β-unsaturated/α-hetero) is 1. The SMILES string of the molecule is CCOP(=O)(O)CCCN1C/C(=C\c2ccc([N+](=O)[O-])cc2)C(=O)/C(=C/c2ccc([N+](=O)[O-])cc2)C1. The number of rotatable bonds is 10. The second-order valence-electron chi connectivity index (χ2n) is 8.21. The standard InChI is InChI=1S/C24H26N3O8P/c1-2-35-36(33,34)13-3-12-25-16-20(14-18-4-8-22(9-5-18)26(29)30)24(28)21(17-25)15-19-6-10-23(11-7-19)27(31)32/h4-11,14-15H,2-3,12-13,16-17H2,1H3,(H,33,34)/b20-14+,21-15+. The maximum atomic E-state index is 13.3. The number of carbonyl (C=O) groups is 1. The summed E-state index contributed by atoms with van der Waals surface area (Å²) in [6.45, 7) is 2.79. The molecule has 0 bridgehead atoms. The van der Waals surface area contributed by atoms with Gasteiger partial charge >= 0.3 is 7.60 Å². The molecule has 1 unspecified atom stereocenters. The first-order valence-electron chi connectivity index (χ1n) is 11.2. The van der Waals surface area contributed by atoms with Gasteiger partial charge in [-0.2, -0.15) is 0 Å². The van der Waals surface area contributed by atoms with Crippen molar-refractivity contribution in [2.24, 2.45) is 0 Å². The number of non-ortho nitro benzene ring substituents is 2. The minimum atomic E-state index is -3.67. The van der Waals surface area contributed by atoms with Crippen molar-refractivity contribution in [2.75, 3.05) is 32.4 Å². The second kappa shape index (κ2) is 12.0. The summed E-state index contributed by atoms with van der Waals surface area (Å²) in [5.74, 6) is -0.204. The largest absolute Gasteiger partial charge is 0.328 e. The molecule has 1 saturated heterocycles. The molecule has 1 aliphatic heterocycles. The zero-order valence-electron chi connectivity index (χ0n) is 19.6. The molecular weight excluding hydrogens is 489 g/mol. The van der Waals surface area contributed by atoms with E-state index in [-0.39, 0.29) is 43.0 Å². The van der Waals surface area contributed by atoms with Crippen molar-refractivity contribution in [3.05, 3.63) is 91.0 Å². The molecule has 2 aromatic rings. The van der Waals surface area contributed by atoms with Gasteiger partial charge in [-0.05, 0) is 67.4 Å². The van der Waals surface area contributed by atoms with Crippen LogP contribution in [0.5, 0.6) is 0 Å². The molecule has 11 nitrogen and oxygen atoms in total. The Labute approximate surface area is 207 Å². The topological polar surface area (TPSA) is 153 Å².